The number of rotatable bonds is 1. The van der Waals surface area contributed by atoms with Crippen molar-refractivity contribution < 1.29 is 4.39 Å². The lowest BCUT2D eigenvalue weighted by Crippen LogP contribution is -2.43. The van der Waals surface area contributed by atoms with Crippen molar-refractivity contribution in [1.82, 2.24) is 5.32 Å². The Hall–Kier alpha value is -1.09. The van der Waals surface area contributed by atoms with E-state index in [1.807, 2.05) is 19.9 Å². The molecule has 1 heterocycles. The van der Waals surface area contributed by atoms with Crippen LogP contribution in [0.4, 0.5) is 10.1 Å². The Morgan fingerprint density at radius 1 is 1.20 bits per heavy atom. The van der Waals surface area contributed by atoms with E-state index in [1.165, 1.54) is 6.07 Å². The quantitative estimate of drug-likeness (QED) is 0.765. The Morgan fingerprint density at radius 2 is 1.87 bits per heavy atom. The van der Waals surface area contributed by atoms with Crippen LogP contribution in [0.2, 0.25) is 0 Å². The molecule has 0 aliphatic carbocycles. The summed E-state index contributed by atoms with van der Waals surface area (Å²) in [6.45, 7) is 7.89. The highest BCUT2D eigenvalue weighted by atomic mass is 19.1. The monoisotopic (exact) mass is 210 g/mol. The van der Waals surface area contributed by atoms with E-state index >= 15 is 0 Å². The Kier molecular flexibility index (Phi) is 5.12. The Bertz CT molecular complexity index is 283. The molecule has 1 fully saturated rings. The maximum Gasteiger partial charge on any atom is 0.125 e. The van der Waals surface area contributed by atoms with Crippen molar-refractivity contribution >= 4 is 5.69 Å². The van der Waals surface area contributed by atoms with Crippen LogP contribution in [0, 0.1) is 5.82 Å². The van der Waals surface area contributed by atoms with Crippen LogP contribution >= 0.6 is 0 Å². The van der Waals surface area contributed by atoms with Gasteiger partial charge in [-0.15, -0.1) is 0 Å². The minimum Gasteiger partial charge on any atom is -0.369 e. The number of nitrogens with zero attached hydrogens (tertiary/aromatic N) is 1. The molecule has 1 aromatic rings. The fraction of sp³-hybridized carbons (Fsp3) is 0.500. The molecule has 3 heteroatoms. The molecule has 2 rings (SSSR count). The molecule has 0 aromatic heterocycles. The number of anilines is 1. The zero-order valence-electron chi connectivity index (χ0n) is 9.46. The van der Waals surface area contributed by atoms with Gasteiger partial charge in [0.25, 0.3) is 0 Å². The van der Waals surface area contributed by atoms with Gasteiger partial charge in [0, 0.05) is 31.9 Å². The fourth-order valence-electron chi connectivity index (χ4n) is 1.60. The molecule has 0 unspecified atom stereocenters. The van der Waals surface area contributed by atoms with E-state index in [9.17, 15) is 4.39 Å². The predicted octanol–water partition coefficient (Wildman–Crippen LogP) is 2.26. The smallest absolute Gasteiger partial charge is 0.125 e. The molecule has 2 nitrogen and oxygen atoms in total. The highest BCUT2D eigenvalue weighted by Gasteiger charge is 2.09. The summed E-state index contributed by atoms with van der Waals surface area (Å²) in [5.41, 5.74) is 0.988. The Balaban J connectivity index is 0.000000531. The van der Waals surface area contributed by atoms with Gasteiger partial charge in [0.15, 0.2) is 0 Å². The largest absolute Gasteiger partial charge is 0.369 e. The summed E-state index contributed by atoms with van der Waals surface area (Å²) < 4.78 is 12.9. The molecule has 1 saturated heterocycles. The average Bonchev–Trinajstić information content (AvgIpc) is 2.33. The second-order valence-corrected chi connectivity index (χ2v) is 3.22. The third kappa shape index (κ3) is 3.51. The Morgan fingerprint density at radius 3 is 2.47 bits per heavy atom. The second kappa shape index (κ2) is 6.40. The summed E-state index contributed by atoms with van der Waals surface area (Å²) in [4.78, 5) is 2.19. The first-order valence-electron chi connectivity index (χ1n) is 5.57. The van der Waals surface area contributed by atoms with Gasteiger partial charge < -0.3 is 10.2 Å². The lowest BCUT2D eigenvalue weighted by Gasteiger charge is -2.29. The standard InChI is InChI=1S/C10H13FN2.C2H6/c11-9-2-1-3-10(8-9)13-6-4-12-5-7-13;1-2/h1-3,8,12H,4-7H2;1-2H3. The number of benzene rings is 1. The number of nitrogens with one attached hydrogen (secondary N) is 1. The van der Waals surface area contributed by atoms with Crippen LogP contribution in [-0.2, 0) is 0 Å². The molecular weight excluding hydrogens is 191 g/mol. The normalized spacial score (nSPS) is 15.5. The van der Waals surface area contributed by atoms with Gasteiger partial charge in [0.1, 0.15) is 5.82 Å². The first-order valence-corrected chi connectivity index (χ1v) is 5.57. The molecule has 0 spiro atoms. The topological polar surface area (TPSA) is 15.3 Å². The van der Waals surface area contributed by atoms with Crippen LogP contribution in [0.15, 0.2) is 24.3 Å². The van der Waals surface area contributed by atoms with E-state index in [-0.39, 0.29) is 5.82 Å². The van der Waals surface area contributed by atoms with E-state index in [0.717, 1.165) is 31.9 Å². The van der Waals surface area contributed by atoms with Crippen LogP contribution < -0.4 is 10.2 Å². The predicted molar refractivity (Wildman–Crippen MR) is 62.8 cm³/mol. The highest BCUT2D eigenvalue weighted by Crippen LogP contribution is 2.15. The van der Waals surface area contributed by atoms with Crippen LogP contribution in [0.25, 0.3) is 0 Å². The molecule has 15 heavy (non-hydrogen) atoms. The molecule has 1 aromatic carbocycles. The summed E-state index contributed by atoms with van der Waals surface area (Å²) in [5, 5.41) is 3.26. The van der Waals surface area contributed by atoms with E-state index in [4.69, 9.17) is 0 Å². The van der Waals surface area contributed by atoms with Gasteiger partial charge in [-0.3, -0.25) is 0 Å². The Labute approximate surface area is 91.1 Å². The molecule has 0 radical (unpaired) electrons. The number of piperazine rings is 1. The number of hydrogen-bond acceptors (Lipinski definition) is 2. The van der Waals surface area contributed by atoms with Crippen LogP contribution in [0.5, 0.6) is 0 Å². The fourth-order valence-corrected chi connectivity index (χ4v) is 1.60. The first kappa shape index (κ1) is 12.0. The number of halogens is 1. The summed E-state index contributed by atoms with van der Waals surface area (Å²) >= 11 is 0. The lowest BCUT2D eigenvalue weighted by molar-refractivity contribution is 0.584. The van der Waals surface area contributed by atoms with Crippen molar-refractivity contribution in [2.24, 2.45) is 0 Å². The van der Waals surface area contributed by atoms with Crippen molar-refractivity contribution in [3.8, 4) is 0 Å². The second-order valence-electron chi connectivity index (χ2n) is 3.22. The van der Waals surface area contributed by atoms with Crippen molar-refractivity contribution in [3.05, 3.63) is 30.1 Å². The molecule has 0 amide bonds. The van der Waals surface area contributed by atoms with Crippen LogP contribution in [0.1, 0.15) is 13.8 Å². The zero-order valence-corrected chi connectivity index (χ0v) is 9.46. The van der Waals surface area contributed by atoms with Crippen molar-refractivity contribution in [2.45, 2.75) is 13.8 Å². The molecule has 0 saturated carbocycles. The molecule has 84 valence electrons. The van der Waals surface area contributed by atoms with Gasteiger partial charge in [-0.1, -0.05) is 19.9 Å². The van der Waals surface area contributed by atoms with E-state index in [1.54, 1.807) is 12.1 Å². The van der Waals surface area contributed by atoms with Crippen LogP contribution in [0.3, 0.4) is 0 Å². The molecule has 1 aliphatic rings. The SMILES string of the molecule is CC.Fc1cccc(N2CCNCC2)c1. The van der Waals surface area contributed by atoms with Crippen molar-refractivity contribution in [1.29, 1.82) is 0 Å². The summed E-state index contributed by atoms with van der Waals surface area (Å²) in [5.74, 6) is -0.156. The van der Waals surface area contributed by atoms with Crippen LogP contribution in [-0.4, -0.2) is 26.2 Å². The first-order chi connectivity index (χ1) is 7.36. The van der Waals surface area contributed by atoms with Crippen molar-refractivity contribution in [3.63, 3.8) is 0 Å². The third-order valence-corrected chi connectivity index (χ3v) is 2.29. The maximum atomic E-state index is 12.9. The molecule has 0 atom stereocenters. The lowest BCUT2D eigenvalue weighted by atomic mass is 10.2. The van der Waals surface area contributed by atoms with Crippen molar-refractivity contribution in [2.75, 3.05) is 31.1 Å². The third-order valence-electron chi connectivity index (χ3n) is 2.29. The van der Waals surface area contributed by atoms with Gasteiger partial charge >= 0.3 is 0 Å². The summed E-state index contributed by atoms with van der Waals surface area (Å²) in [6, 6.07) is 6.78. The molecule has 1 aliphatic heterocycles. The van der Waals surface area contributed by atoms with Gasteiger partial charge in [0.05, 0.1) is 0 Å². The molecule has 0 bridgehead atoms. The van der Waals surface area contributed by atoms with Gasteiger partial charge in [-0.2, -0.15) is 0 Å². The van der Waals surface area contributed by atoms with Gasteiger partial charge in [-0.05, 0) is 18.2 Å². The molecule has 1 N–H and O–H groups in total. The minimum atomic E-state index is -0.156. The molecular formula is C12H19FN2. The van der Waals surface area contributed by atoms with E-state index in [2.05, 4.69) is 10.2 Å². The van der Waals surface area contributed by atoms with E-state index in [0.29, 0.717) is 0 Å². The van der Waals surface area contributed by atoms with E-state index < -0.39 is 0 Å². The summed E-state index contributed by atoms with van der Waals surface area (Å²) in [7, 11) is 0. The maximum absolute atomic E-state index is 12.9. The highest BCUT2D eigenvalue weighted by molar-refractivity contribution is 5.46. The number of hydrogen-bond donors (Lipinski definition) is 1. The minimum absolute atomic E-state index is 0.156. The van der Waals surface area contributed by atoms with Gasteiger partial charge in [0.2, 0.25) is 0 Å². The average molecular weight is 210 g/mol. The zero-order chi connectivity index (χ0) is 11.1. The van der Waals surface area contributed by atoms with Gasteiger partial charge in [-0.25, -0.2) is 4.39 Å². The summed E-state index contributed by atoms with van der Waals surface area (Å²) in [6.07, 6.45) is 0.